The summed E-state index contributed by atoms with van der Waals surface area (Å²) in [5.41, 5.74) is 5.13. The number of benzene rings is 2. The number of rotatable bonds is 3. The van der Waals surface area contributed by atoms with Gasteiger partial charge in [-0.05, 0) is 54.8 Å². The van der Waals surface area contributed by atoms with Crippen LogP contribution in [0.15, 0.2) is 36.4 Å². The predicted octanol–water partition coefficient (Wildman–Crippen LogP) is 3.83. The van der Waals surface area contributed by atoms with E-state index >= 15 is 0 Å². The lowest BCUT2D eigenvalue weighted by molar-refractivity contribution is 0.619. The van der Waals surface area contributed by atoms with Gasteiger partial charge in [0.1, 0.15) is 5.82 Å². The van der Waals surface area contributed by atoms with Crippen molar-refractivity contribution in [3.05, 3.63) is 58.9 Å². The van der Waals surface area contributed by atoms with Crippen LogP contribution in [0.3, 0.4) is 0 Å². The van der Waals surface area contributed by atoms with Crippen molar-refractivity contribution in [3.8, 4) is 11.1 Å². The molecule has 0 aliphatic heterocycles. The molecule has 0 amide bonds. The Balaban J connectivity index is 2.41. The van der Waals surface area contributed by atoms with Crippen LogP contribution in [0.4, 0.5) is 4.39 Å². The summed E-state index contributed by atoms with van der Waals surface area (Å²) in [6.45, 7) is 4.69. The van der Waals surface area contributed by atoms with E-state index in [1.54, 1.807) is 13.0 Å². The van der Waals surface area contributed by atoms with Crippen molar-refractivity contribution in [1.82, 2.24) is 5.32 Å². The van der Waals surface area contributed by atoms with Gasteiger partial charge in [0.05, 0.1) is 0 Å². The number of halogens is 1. The number of hydrogen-bond donors (Lipinski definition) is 1. The van der Waals surface area contributed by atoms with Gasteiger partial charge in [0.15, 0.2) is 0 Å². The van der Waals surface area contributed by atoms with E-state index in [4.69, 9.17) is 0 Å². The summed E-state index contributed by atoms with van der Waals surface area (Å²) in [5, 5.41) is 3.13. The first kappa shape index (κ1) is 12.8. The van der Waals surface area contributed by atoms with Crippen molar-refractivity contribution in [1.29, 1.82) is 0 Å². The molecule has 0 saturated carbocycles. The highest BCUT2D eigenvalue weighted by Gasteiger charge is 2.05. The van der Waals surface area contributed by atoms with Crippen LogP contribution in [0.1, 0.15) is 16.7 Å². The Labute approximate surface area is 108 Å². The standard InChI is InChI=1S/C16H18FN/c1-11-4-6-14(9-16(11)17)15-7-5-13(10-18-3)8-12(15)2/h4-9,18H,10H2,1-3H3. The van der Waals surface area contributed by atoms with Crippen LogP contribution in [-0.4, -0.2) is 7.05 Å². The van der Waals surface area contributed by atoms with Gasteiger partial charge in [-0.3, -0.25) is 0 Å². The highest BCUT2D eigenvalue weighted by Crippen LogP contribution is 2.25. The molecule has 0 aromatic heterocycles. The van der Waals surface area contributed by atoms with Crippen molar-refractivity contribution in [3.63, 3.8) is 0 Å². The van der Waals surface area contributed by atoms with Gasteiger partial charge < -0.3 is 5.32 Å². The number of nitrogens with one attached hydrogen (secondary N) is 1. The molecule has 1 nitrogen and oxygen atoms in total. The van der Waals surface area contributed by atoms with Gasteiger partial charge >= 0.3 is 0 Å². The lowest BCUT2D eigenvalue weighted by atomic mass is 9.97. The monoisotopic (exact) mass is 243 g/mol. The summed E-state index contributed by atoms with van der Waals surface area (Å²) in [4.78, 5) is 0. The lowest BCUT2D eigenvalue weighted by Gasteiger charge is -2.09. The van der Waals surface area contributed by atoms with Crippen molar-refractivity contribution in [2.24, 2.45) is 0 Å². The SMILES string of the molecule is CNCc1ccc(-c2ccc(C)c(F)c2)c(C)c1. The first-order valence-electron chi connectivity index (χ1n) is 6.12. The van der Waals surface area contributed by atoms with Crippen molar-refractivity contribution >= 4 is 0 Å². The van der Waals surface area contributed by atoms with Crippen LogP contribution in [0, 0.1) is 19.7 Å². The molecule has 2 heteroatoms. The fourth-order valence-electron chi connectivity index (χ4n) is 2.12. The quantitative estimate of drug-likeness (QED) is 0.864. The molecule has 1 N–H and O–H groups in total. The second-order valence-electron chi connectivity index (χ2n) is 4.64. The Morgan fingerprint density at radius 2 is 1.78 bits per heavy atom. The fraction of sp³-hybridized carbons (Fsp3) is 0.250. The third kappa shape index (κ3) is 2.59. The zero-order valence-electron chi connectivity index (χ0n) is 11.0. The molecule has 0 heterocycles. The van der Waals surface area contributed by atoms with Gasteiger partial charge in [-0.2, -0.15) is 0 Å². The molecule has 0 aliphatic carbocycles. The minimum atomic E-state index is -0.147. The van der Waals surface area contributed by atoms with Crippen molar-refractivity contribution in [2.75, 3.05) is 7.05 Å². The second kappa shape index (κ2) is 5.32. The molecule has 0 radical (unpaired) electrons. The topological polar surface area (TPSA) is 12.0 Å². The summed E-state index contributed by atoms with van der Waals surface area (Å²) < 4.78 is 13.6. The van der Waals surface area contributed by atoms with E-state index in [9.17, 15) is 4.39 Å². The van der Waals surface area contributed by atoms with Crippen LogP contribution in [-0.2, 0) is 6.54 Å². The smallest absolute Gasteiger partial charge is 0.126 e. The number of aryl methyl sites for hydroxylation is 2. The molecule has 0 bridgehead atoms. The first-order chi connectivity index (χ1) is 8.61. The zero-order chi connectivity index (χ0) is 13.1. The zero-order valence-corrected chi connectivity index (χ0v) is 11.0. The molecular weight excluding hydrogens is 225 g/mol. The summed E-state index contributed by atoms with van der Waals surface area (Å²) >= 11 is 0. The molecule has 18 heavy (non-hydrogen) atoms. The average Bonchev–Trinajstić information content (AvgIpc) is 2.34. The summed E-state index contributed by atoms with van der Waals surface area (Å²) in [6.07, 6.45) is 0. The van der Waals surface area contributed by atoms with Gasteiger partial charge in [0.2, 0.25) is 0 Å². The Morgan fingerprint density at radius 3 is 2.39 bits per heavy atom. The molecule has 2 aromatic carbocycles. The molecule has 2 aromatic rings. The van der Waals surface area contributed by atoms with E-state index < -0.39 is 0 Å². The van der Waals surface area contributed by atoms with Crippen molar-refractivity contribution < 1.29 is 4.39 Å². The molecule has 2 rings (SSSR count). The van der Waals surface area contributed by atoms with E-state index in [1.807, 2.05) is 19.2 Å². The Morgan fingerprint density at radius 1 is 1.00 bits per heavy atom. The Kier molecular flexibility index (Phi) is 3.78. The van der Waals surface area contributed by atoms with Crippen LogP contribution < -0.4 is 5.32 Å². The maximum atomic E-state index is 13.6. The molecule has 0 spiro atoms. The van der Waals surface area contributed by atoms with Crippen molar-refractivity contribution in [2.45, 2.75) is 20.4 Å². The molecular formula is C16H18FN. The molecule has 94 valence electrons. The van der Waals surface area contributed by atoms with Gasteiger partial charge in [0, 0.05) is 6.54 Å². The lowest BCUT2D eigenvalue weighted by Crippen LogP contribution is -2.05. The number of hydrogen-bond acceptors (Lipinski definition) is 1. The summed E-state index contributed by atoms with van der Waals surface area (Å²) in [7, 11) is 1.93. The van der Waals surface area contributed by atoms with E-state index in [-0.39, 0.29) is 5.82 Å². The van der Waals surface area contributed by atoms with Gasteiger partial charge in [-0.1, -0.05) is 30.3 Å². The van der Waals surface area contributed by atoms with E-state index in [0.29, 0.717) is 5.56 Å². The Hall–Kier alpha value is -1.67. The highest BCUT2D eigenvalue weighted by molar-refractivity contribution is 5.68. The van der Waals surface area contributed by atoms with Gasteiger partial charge in [-0.15, -0.1) is 0 Å². The van der Waals surface area contributed by atoms with E-state index in [2.05, 4.69) is 30.4 Å². The Bertz CT molecular complexity index is 561. The van der Waals surface area contributed by atoms with Gasteiger partial charge in [-0.25, -0.2) is 4.39 Å². The summed E-state index contributed by atoms with van der Waals surface area (Å²) in [6, 6.07) is 11.7. The largest absolute Gasteiger partial charge is 0.316 e. The maximum Gasteiger partial charge on any atom is 0.126 e. The molecule has 0 saturated heterocycles. The van der Waals surface area contributed by atoms with Crippen LogP contribution >= 0.6 is 0 Å². The minimum absolute atomic E-state index is 0.147. The van der Waals surface area contributed by atoms with Crippen LogP contribution in [0.25, 0.3) is 11.1 Å². The second-order valence-corrected chi connectivity index (χ2v) is 4.64. The third-order valence-electron chi connectivity index (χ3n) is 3.15. The summed E-state index contributed by atoms with van der Waals surface area (Å²) in [5.74, 6) is -0.147. The third-order valence-corrected chi connectivity index (χ3v) is 3.15. The predicted molar refractivity (Wildman–Crippen MR) is 74.1 cm³/mol. The normalized spacial score (nSPS) is 10.7. The van der Waals surface area contributed by atoms with Gasteiger partial charge in [0.25, 0.3) is 0 Å². The molecule has 0 unspecified atom stereocenters. The average molecular weight is 243 g/mol. The maximum absolute atomic E-state index is 13.6. The van der Waals surface area contributed by atoms with Crippen LogP contribution in [0.5, 0.6) is 0 Å². The highest BCUT2D eigenvalue weighted by atomic mass is 19.1. The molecule has 0 atom stereocenters. The molecule has 0 fully saturated rings. The molecule has 0 aliphatic rings. The van der Waals surface area contributed by atoms with Crippen LogP contribution in [0.2, 0.25) is 0 Å². The fourth-order valence-corrected chi connectivity index (χ4v) is 2.12. The van der Waals surface area contributed by atoms with E-state index in [1.165, 1.54) is 11.1 Å². The first-order valence-corrected chi connectivity index (χ1v) is 6.12. The minimum Gasteiger partial charge on any atom is -0.316 e. The van der Waals surface area contributed by atoms with E-state index in [0.717, 1.165) is 17.7 Å².